The van der Waals surface area contributed by atoms with Gasteiger partial charge >= 0.3 is 0 Å². The summed E-state index contributed by atoms with van der Waals surface area (Å²) in [5, 5.41) is 0. The molecule has 92 valence electrons. The molecule has 1 aromatic heterocycles. The maximum atomic E-state index is 5.68. The smallest absolute Gasteiger partial charge is 0.220 e. The molecule has 3 rings (SSSR count). The van der Waals surface area contributed by atoms with Gasteiger partial charge in [0.1, 0.15) is 0 Å². The molecule has 2 N–H and O–H groups in total. The highest BCUT2D eigenvalue weighted by Gasteiger charge is 2.33. The SMILES string of the molecule is Nc1nccc([C@H]2CCCN2C2CCCC2)n1. The molecule has 1 saturated heterocycles. The Morgan fingerprint density at radius 2 is 2.00 bits per heavy atom. The van der Waals surface area contributed by atoms with Crippen LogP contribution in [0.15, 0.2) is 12.3 Å². The lowest BCUT2D eigenvalue weighted by Crippen LogP contribution is -2.33. The van der Waals surface area contributed by atoms with Crippen molar-refractivity contribution in [1.82, 2.24) is 14.9 Å². The molecule has 0 bridgehead atoms. The summed E-state index contributed by atoms with van der Waals surface area (Å²) in [5.41, 5.74) is 6.80. The predicted octanol–water partition coefficient (Wildman–Crippen LogP) is 2.14. The van der Waals surface area contributed by atoms with Gasteiger partial charge in [-0.3, -0.25) is 4.90 Å². The fourth-order valence-corrected chi connectivity index (χ4v) is 3.35. The van der Waals surface area contributed by atoms with E-state index < -0.39 is 0 Å². The molecule has 17 heavy (non-hydrogen) atoms. The molecule has 0 radical (unpaired) electrons. The molecule has 1 aliphatic heterocycles. The van der Waals surface area contributed by atoms with Crippen LogP contribution >= 0.6 is 0 Å². The third-order valence-corrected chi connectivity index (χ3v) is 4.13. The van der Waals surface area contributed by atoms with Gasteiger partial charge in [0.2, 0.25) is 5.95 Å². The predicted molar refractivity (Wildman–Crippen MR) is 67.4 cm³/mol. The second-order valence-corrected chi connectivity index (χ2v) is 5.17. The monoisotopic (exact) mass is 232 g/mol. The molecule has 4 heteroatoms. The number of hydrogen-bond donors (Lipinski definition) is 1. The lowest BCUT2D eigenvalue weighted by molar-refractivity contribution is 0.180. The zero-order valence-electron chi connectivity index (χ0n) is 10.2. The number of hydrogen-bond acceptors (Lipinski definition) is 4. The van der Waals surface area contributed by atoms with Crippen molar-refractivity contribution in [3.63, 3.8) is 0 Å². The summed E-state index contributed by atoms with van der Waals surface area (Å²) < 4.78 is 0. The second-order valence-electron chi connectivity index (χ2n) is 5.17. The fourth-order valence-electron chi connectivity index (χ4n) is 3.35. The van der Waals surface area contributed by atoms with Gasteiger partial charge in [-0.1, -0.05) is 12.8 Å². The molecule has 2 fully saturated rings. The van der Waals surface area contributed by atoms with Crippen molar-refractivity contribution in [3.05, 3.63) is 18.0 Å². The van der Waals surface area contributed by atoms with Crippen LogP contribution in [-0.2, 0) is 0 Å². The van der Waals surface area contributed by atoms with Crippen molar-refractivity contribution >= 4 is 5.95 Å². The highest BCUT2D eigenvalue weighted by molar-refractivity contribution is 5.20. The van der Waals surface area contributed by atoms with E-state index in [0.717, 1.165) is 11.7 Å². The van der Waals surface area contributed by atoms with Gasteiger partial charge in [-0.15, -0.1) is 0 Å². The Hall–Kier alpha value is -1.16. The molecule has 1 atom stereocenters. The Kier molecular flexibility index (Phi) is 2.97. The minimum absolute atomic E-state index is 0.403. The number of nitrogen functional groups attached to an aromatic ring is 1. The molecule has 2 aliphatic rings. The van der Waals surface area contributed by atoms with Crippen LogP contribution in [0.1, 0.15) is 50.3 Å². The van der Waals surface area contributed by atoms with Crippen LogP contribution in [0.5, 0.6) is 0 Å². The average molecular weight is 232 g/mol. The fraction of sp³-hybridized carbons (Fsp3) is 0.692. The van der Waals surface area contributed by atoms with Crippen molar-refractivity contribution in [1.29, 1.82) is 0 Å². The van der Waals surface area contributed by atoms with Crippen molar-refractivity contribution in [2.75, 3.05) is 12.3 Å². The summed E-state index contributed by atoms with van der Waals surface area (Å²) in [4.78, 5) is 11.0. The molecule has 0 unspecified atom stereocenters. The van der Waals surface area contributed by atoms with Crippen molar-refractivity contribution < 1.29 is 0 Å². The van der Waals surface area contributed by atoms with E-state index in [1.165, 1.54) is 45.1 Å². The zero-order valence-corrected chi connectivity index (χ0v) is 10.2. The zero-order chi connectivity index (χ0) is 11.7. The third-order valence-electron chi connectivity index (χ3n) is 4.13. The van der Waals surface area contributed by atoms with Crippen LogP contribution in [0.4, 0.5) is 5.95 Å². The third kappa shape index (κ3) is 2.14. The molecule has 0 amide bonds. The van der Waals surface area contributed by atoms with Gasteiger partial charge in [-0.2, -0.15) is 0 Å². The maximum Gasteiger partial charge on any atom is 0.220 e. The normalized spacial score (nSPS) is 26.7. The van der Waals surface area contributed by atoms with Gasteiger partial charge in [-0.05, 0) is 38.3 Å². The summed E-state index contributed by atoms with van der Waals surface area (Å²) in [6.07, 6.45) is 9.77. The molecule has 0 aromatic carbocycles. The lowest BCUT2D eigenvalue weighted by Gasteiger charge is -2.30. The van der Waals surface area contributed by atoms with Gasteiger partial charge in [-0.25, -0.2) is 9.97 Å². The molecule has 1 aromatic rings. The number of rotatable bonds is 2. The Labute approximate surface area is 102 Å². The summed E-state index contributed by atoms with van der Waals surface area (Å²) in [6, 6.07) is 3.27. The van der Waals surface area contributed by atoms with E-state index in [-0.39, 0.29) is 0 Å². The number of nitrogens with zero attached hydrogens (tertiary/aromatic N) is 3. The topological polar surface area (TPSA) is 55.0 Å². The van der Waals surface area contributed by atoms with Crippen molar-refractivity contribution in [2.45, 2.75) is 50.6 Å². The Balaban J connectivity index is 1.81. The minimum atomic E-state index is 0.403. The summed E-state index contributed by atoms with van der Waals surface area (Å²) >= 11 is 0. The molecule has 2 heterocycles. The second kappa shape index (κ2) is 4.61. The first kappa shape index (κ1) is 11.0. The first-order chi connectivity index (χ1) is 8.34. The van der Waals surface area contributed by atoms with Crippen molar-refractivity contribution in [3.8, 4) is 0 Å². The molecule has 1 aliphatic carbocycles. The van der Waals surface area contributed by atoms with Crippen LogP contribution in [0.25, 0.3) is 0 Å². The molecule has 4 nitrogen and oxygen atoms in total. The number of likely N-dealkylation sites (tertiary alicyclic amines) is 1. The van der Waals surface area contributed by atoms with Gasteiger partial charge in [0, 0.05) is 12.2 Å². The maximum absolute atomic E-state index is 5.68. The van der Waals surface area contributed by atoms with E-state index in [4.69, 9.17) is 5.73 Å². The Bertz CT molecular complexity index is 387. The summed E-state index contributed by atoms with van der Waals surface area (Å²) in [7, 11) is 0. The van der Waals surface area contributed by atoms with E-state index in [0.29, 0.717) is 12.0 Å². The standard InChI is InChI=1S/C13H20N4/c14-13-15-8-7-11(16-13)12-6-3-9-17(12)10-4-1-2-5-10/h7-8,10,12H,1-6,9H2,(H2,14,15,16)/t12-/m1/s1. The number of nitrogens with two attached hydrogens (primary N) is 1. The molecular formula is C13H20N4. The van der Waals surface area contributed by atoms with Crippen molar-refractivity contribution in [2.24, 2.45) is 0 Å². The van der Waals surface area contributed by atoms with Gasteiger partial charge in [0.15, 0.2) is 0 Å². The lowest BCUT2D eigenvalue weighted by atomic mass is 10.1. The molecule has 1 saturated carbocycles. The first-order valence-corrected chi connectivity index (χ1v) is 6.69. The summed E-state index contributed by atoms with van der Waals surface area (Å²) in [6.45, 7) is 1.22. The van der Waals surface area contributed by atoms with E-state index >= 15 is 0 Å². The number of aromatic nitrogens is 2. The highest BCUT2D eigenvalue weighted by Crippen LogP contribution is 2.37. The first-order valence-electron chi connectivity index (χ1n) is 6.69. The largest absolute Gasteiger partial charge is 0.368 e. The van der Waals surface area contributed by atoms with Crippen LogP contribution in [0.3, 0.4) is 0 Å². The number of anilines is 1. The van der Waals surface area contributed by atoms with Crippen LogP contribution in [0, 0.1) is 0 Å². The van der Waals surface area contributed by atoms with E-state index in [1.807, 2.05) is 6.07 Å². The van der Waals surface area contributed by atoms with Crippen LogP contribution in [0.2, 0.25) is 0 Å². The summed E-state index contributed by atoms with van der Waals surface area (Å²) in [5.74, 6) is 0.403. The van der Waals surface area contributed by atoms with Gasteiger partial charge in [0.05, 0.1) is 11.7 Å². The Morgan fingerprint density at radius 1 is 1.18 bits per heavy atom. The van der Waals surface area contributed by atoms with Crippen LogP contribution < -0.4 is 5.73 Å². The average Bonchev–Trinajstić information content (AvgIpc) is 3.00. The minimum Gasteiger partial charge on any atom is -0.368 e. The van der Waals surface area contributed by atoms with Crippen LogP contribution in [-0.4, -0.2) is 27.5 Å². The van der Waals surface area contributed by atoms with E-state index in [1.54, 1.807) is 6.20 Å². The van der Waals surface area contributed by atoms with Gasteiger partial charge in [0.25, 0.3) is 0 Å². The Morgan fingerprint density at radius 3 is 2.76 bits per heavy atom. The molecular weight excluding hydrogens is 212 g/mol. The highest BCUT2D eigenvalue weighted by atomic mass is 15.2. The van der Waals surface area contributed by atoms with E-state index in [9.17, 15) is 0 Å². The molecule has 0 spiro atoms. The quantitative estimate of drug-likeness (QED) is 0.848. The van der Waals surface area contributed by atoms with Gasteiger partial charge < -0.3 is 5.73 Å². The van der Waals surface area contributed by atoms with E-state index in [2.05, 4.69) is 14.9 Å².